The van der Waals surface area contributed by atoms with E-state index in [9.17, 15) is 4.79 Å². The van der Waals surface area contributed by atoms with Crippen LogP contribution in [-0.2, 0) is 4.79 Å². The third kappa shape index (κ3) is 0.926. The molecule has 0 amide bonds. The van der Waals surface area contributed by atoms with Crippen molar-refractivity contribution < 1.29 is 4.79 Å². The Labute approximate surface area is 91.9 Å². The molecule has 0 aromatic rings. The van der Waals surface area contributed by atoms with Gasteiger partial charge < -0.3 is 0 Å². The lowest BCUT2D eigenvalue weighted by molar-refractivity contribution is -0.127. The Kier molecular flexibility index (Phi) is 1.64. The SMILES string of the molecule is C=C1[C@H]2CCC(=O)[C@@]23CCC(C3)C1(C)C. The van der Waals surface area contributed by atoms with Gasteiger partial charge in [0.25, 0.3) is 0 Å². The zero-order valence-corrected chi connectivity index (χ0v) is 9.81. The number of hydrogen-bond donors (Lipinski definition) is 0. The predicted octanol–water partition coefficient (Wildman–Crippen LogP) is 3.35. The van der Waals surface area contributed by atoms with Gasteiger partial charge in [-0.05, 0) is 42.9 Å². The third-order valence-corrected chi connectivity index (χ3v) is 5.70. The van der Waals surface area contributed by atoms with Crippen LogP contribution in [-0.4, -0.2) is 5.78 Å². The van der Waals surface area contributed by atoms with Crippen molar-refractivity contribution >= 4 is 5.78 Å². The van der Waals surface area contributed by atoms with Gasteiger partial charge in [-0.25, -0.2) is 0 Å². The fourth-order valence-electron chi connectivity index (χ4n) is 4.48. The van der Waals surface area contributed by atoms with Crippen LogP contribution in [0.1, 0.15) is 46.0 Å². The summed E-state index contributed by atoms with van der Waals surface area (Å²) in [6, 6.07) is 0. The van der Waals surface area contributed by atoms with Gasteiger partial charge in [-0.15, -0.1) is 0 Å². The predicted molar refractivity (Wildman–Crippen MR) is 60.4 cm³/mol. The minimum Gasteiger partial charge on any atom is -0.299 e. The number of carbonyl (C=O) groups is 1. The standard InChI is InChI=1S/C14H20O/c1-9-11-4-5-12(15)14(11)7-6-10(8-14)13(9,2)3/h10-11H,1,4-8H2,2-3H3/t10?,11-,14-/m1/s1. The Morgan fingerprint density at radius 3 is 2.80 bits per heavy atom. The van der Waals surface area contributed by atoms with Crippen molar-refractivity contribution in [2.45, 2.75) is 46.0 Å². The number of allylic oxidation sites excluding steroid dienone is 1. The highest BCUT2D eigenvalue weighted by molar-refractivity contribution is 5.88. The second-order valence-electron chi connectivity index (χ2n) is 6.36. The highest BCUT2D eigenvalue weighted by Crippen LogP contribution is 2.66. The summed E-state index contributed by atoms with van der Waals surface area (Å²) < 4.78 is 0. The highest BCUT2D eigenvalue weighted by Gasteiger charge is 2.62. The van der Waals surface area contributed by atoms with E-state index >= 15 is 0 Å². The normalized spacial score (nSPS) is 47.1. The first kappa shape index (κ1) is 9.62. The van der Waals surface area contributed by atoms with Crippen molar-refractivity contribution in [3.63, 3.8) is 0 Å². The molecule has 0 saturated heterocycles. The minimum atomic E-state index is 0.0528. The molecule has 0 N–H and O–H groups in total. The van der Waals surface area contributed by atoms with E-state index in [1.165, 1.54) is 12.0 Å². The van der Waals surface area contributed by atoms with Crippen LogP contribution in [0.15, 0.2) is 12.2 Å². The van der Waals surface area contributed by atoms with Gasteiger partial charge in [-0.1, -0.05) is 26.0 Å². The zero-order chi connectivity index (χ0) is 10.8. The molecule has 3 aliphatic rings. The Balaban J connectivity index is 2.10. The number of rotatable bonds is 0. The molecule has 1 nitrogen and oxygen atoms in total. The van der Waals surface area contributed by atoms with Crippen molar-refractivity contribution in [3.8, 4) is 0 Å². The molecule has 82 valence electrons. The van der Waals surface area contributed by atoms with Crippen LogP contribution in [0.2, 0.25) is 0 Å². The maximum absolute atomic E-state index is 12.1. The second-order valence-corrected chi connectivity index (χ2v) is 6.36. The van der Waals surface area contributed by atoms with Crippen LogP contribution >= 0.6 is 0 Å². The van der Waals surface area contributed by atoms with Gasteiger partial charge in [0.1, 0.15) is 5.78 Å². The average molecular weight is 204 g/mol. The lowest BCUT2D eigenvalue weighted by Gasteiger charge is -2.46. The molecule has 3 atom stereocenters. The first-order chi connectivity index (χ1) is 6.98. The Hall–Kier alpha value is -0.590. The molecule has 3 rings (SSSR count). The number of carbonyl (C=O) groups excluding carboxylic acids is 1. The number of hydrogen-bond acceptors (Lipinski definition) is 1. The molecule has 15 heavy (non-hydrogen) atoms. The lowest BCUT2D eigenvalue weighted by Crippen LogP contribution is -2.41. The summed E-state index contributed by atoms with van der Waals surface area (Å²) in [7, 11) is 0. The summed E-state index contributed by atoms with van der Waals surface area (Å²) >= 11 is 0. The highest BCUT2D eigenvalue weighted by atomic mass is 16.1. The van der Waals surface area contributed by atoms with Gasteiger partial charge in [-0.3, -0.25) is 4.79 Å². The summed E-state index contributed by atoms with van der Waals surface area (Å²) in [4.78, 5) is 12.1. The van der Waals surface area contributed by atoms with E-state index in [1.807, 2.05) is 0 Å². The molecular weight excluding hydrogens is 184 g/mol. The Bertz CT molecular complexity index is 352. The summed E-state index contributed by atoms with van der Waals surface area (Å²) in [6.45, 7) is 8.99. The van der Waals surface area contributed by atoms with Crippen molar-refractivity contribution in [2.75, 3.05) is 0 Å². The van der Waals surface area contributed by atoms with Gasteiger partial charge in [0.2, 0.25) is 0 Å². The number of ketones is 1. The molecule has 0 radical (unpaired) electrons. The van der Waals surface area contributed by atoms with Crippen molar-refractivity contribution in [3.05, 3.63) is 12.2 Å². The summed E-state index contributed by atoms with van der Waals surface area (Å²) in [5.41, 5.74) is 1.70. The van der Waals surface area contributed by atoms with Gasteiger partial charge in [-0.2, -0.15) is 0 Å². The van der Waals surface area contributed by atoms with E-state index in [2.05, 4.69) is 20.4 Å². The van der Waals surface area contributed by atoms with Crippen LogP contribution in [0.3, 0.4) is 0 Å². The van der Waals surface area contributed by atoms with Crippen molar-refractivity contribution in [1.82, 2.24) is 0 Å². The second kappa shape index (κ2) is 2.56. The van der Waals surface area contributed by atoms with E-state index < -0.39 is 0 Å². The molecule has 0 aliphatic heterocycles. The van der Waals surface area contributed by atoms with Crippen LogP contribution in [0.4, 0.5) is 0 Å². The van der Waals surface area contributed by atoms with E-state index in [-0.39, 0.29) is 10.8 Å². The summed E-state index contributed by atoms with van der Waals surface area (Å²) in [5.74, 6) is 1.77. The molecule has 1 unspecified atom stereocenters. The maximum atomic E-state index is 12.1. The molecule has 0 aromatic carbocycles. The fourth-order valence-corrected chi connectivity index (χ4v) is 4.48. The van der Waals surface area contributed by atoms with Crippen LogP contribution in [0, 0.1) is 22.7 Å². The van der Waals surface area contributed by atoms with E-state index in [4.69, 9.17) is 0 Å². The Morgan fingerprint density at radius 1 is 1.33 bits per heavy atom. The van der Waals surface area contributed by atoms with Crippen molar-refractivity contribution in [2.24, 2.45) is 22.7 Å². The fraction of sp³-hybridized carbons (Fsp3) is 0.786. The van der Waals surface area contributed by atoms with Crippen molar-refractivity contribution in [1.29, 1.82) is 0 Å². The molecule has 3 saturated carbocycles. The molecule has 0 aromatic heterocycles. The third-order valence-electron chi connectivity index (χ3n) is 5.70. The van der Waals surface area contributed by atoms with E-state index in [0.717, 1.165) is 25.7 Å². The average Bonchev–Trinajstić information content (AvgIpc) is 2.72. The summed E-state index contributed by atoms with van der Waals surface area (Å²) in [5, 5.41) is 0. The smallest absolute Gasteiger partial charge is 0.139 e. The first-order valence-corrected chi connectivity index (χ1v) is 6.21. The lowest BCUT2D eigenvalue weighted by atomic mass is 9.57. The van der Waals surface area contributed by atoms with Gasteiger partial charge >= 0.3 is 0 Å². The van der Waals surface area contributed by atoms with E-state index in [1.54, 1.807) is 0 Å². The maximum Gasteiger partial charge on any atom is 0.139 e. The number of fused-ring (bicyclic) bond motifs is 1. The zero-order valence-electron chi connectivity index (χ0n) is 9.81. The number of Topliss-reactive ketones (excluding diaryl/α,β-unsaturated/α-hetero) is 1. The molecule has 3 aliphatic carbocycles. The van der Waals surface area contributed by atoms with Crippen LogP contribution in [0.25, 0.3) is 0 Å². The van der Waals surface area contributed by atoms with Gasteiger partial charge in [0.15, 0.2) is 0 Å². The minimum absolute atomic E-state index is 0.0528. The Morgan fingerprint density at radius 2 is 2.07 bits per heavy atom. The molecule has 3 fully saturated rings. The molecular formula is C14H20O. The van der Waals surface area contributed by atoms with E-state index in [0.29, 0.717) is 17.6 Å². The van der Waals surface area contributed by atoms with Crippen LogP contribution < -0.4 is 0 Å². The molecule has 0 heterocycles. The van der Waals surface area contributed by atoms with Crippen LogP contribution in [0.5, 0.6) is 0 Å². The van der Waals surface area contributed by atoms with Gasteiger partial charge in [0.05, 0.1) is 0 Å². The first-order valence-electron chi connectivity index (χ1n) is 6.21. The summed E-state index contributed by atoms with van der Waals surface area (Å²) in [6.07, 6.45) is 5.43. The quantitative estimate of drug-likeness (QED) is 0.553. The van der Waals surface area contributed by atoms with Gasteiger partial charge in [0, 0.05) is 11.8 Å². The molecule has 2 bridgehead atoms. The monoisotopic (exact) mass is 204 g/mol. The molecule has 1 spiro atoms. The topological polar surface area (TPSA) is 17.1 Å². The molecule has 1 heteroatoms. The largest absolute Gasteiger partial charge is 0.299 e.